The van der Waals surface area contributed by atoms with E-state index in [-0.39, 0.29) is 59.9 Å². The van der Waals surface area contributed by atoms with Crippen molar-refractivity contribution in [3.8, 4) is 6.07 Å². The first kappa shape index (κ1) is 70.7. The van der Waals surface area contributed by atoms with Crippen LogP contribution in [0.15, 0.2) is 190 Å². The lowest BCUT2D eigenvalue weighted by molar-refractivity contribution is -0.385. The van der Waals surface area contributed by atoms with E-state index in [0.29, 0.717) is 54.5 Å². The minimum absolute atomic E-state index is 0.0249. The van der Waals surface area contributed by atoms with Crippen LogP contribution in [0.25, 0.3) is 27.5 Å². The van der Waals surface area contributed by atoms with Crippen molar-refractivity contribution in [2.45, 2.75) is 20.8 Å². The van der Waals surface area contributed by atoms with Gasteiger partial charge < -0.3 is 40.0 Å². The van der Waals surface area contributed by atoms with Crippen molar-refractivity contribution >= 4 is 92.0 Å². The summed E-state index contributed by atoms with van der Waals surface area (Å²) in [6.45, 7) is 25.1. The molecule has 7 aromatic rings. The smallest absolute Gasteiger partial charge is 0.271 e. The highest BCUT2D eigenvalue weighted by molar-refractivity contribution is 6.33. The van der Waals surface area contributed by atoms with Crippen LogP contribution in [0, 0.1) is 54.8 Å². The van der Waals surface area contributed by atoms with Crippen molar-refractivity contribution in [3.63, 3.8) is 0 Å². The summed E-state index contributed by atoms with van der Waals surface area (Å²) >= 11 is 5.97. The van der Waals surface area contributed by atoms with Crippen LogP contribution in [0.1, 0.15) is 37.5 Å². The second kappa shape index (κ2) is 38.3. The van der Waals surface area contributed by atoms with Gasteiger partial charge in [-0.15, -0.1) is 5.11 Å². The Bertz CT molecular complexity index is 3490. The quantitative estimate of drug-likeness (QED) is 0.0103. The molecule has 0 radical (unpaired) electrons. The minimum Gasteiger partial charge on any atom is -0.395 e. The number of hydrogen-bond donors (Lipinski definition) is 4. The highest BCUT2D eigenvalue weighted by atomic mass is 35.5. The Hall–Kier alpha value is -10.8. The summed E-state index contributed by atoms with van der Waals surface area (Å²) in [4.78, 5) is 44.9. The van der Waals surface area contributed by atoms with E-state index in [0.717, 1.165) is 53.5 Å². The fourth-order valence-electron chi connectivity index (χ4n) is 8.02. The molecule has 0 atom stereocenters. The van der Waals surface area contributed by atoms with Gasteiger partial charge in [-0.05, 0) is 141 Å². The molecule has 24 nitrogen and oxygen atoms in total. The first-order valence-electron chi connectivity index (χ1n) is 27.6. The van der Waals surface area contributed by atoms with Crippen LogP contribution < -0.4 is 19.6 Å². The third kappa shape index (κ3) is 23.2. The molecule has 0 unspecified atom stereocenters. The number of non-ortho nitro benzene ring substituents is 3. The Labute approximate surface area is 520 Å². The summed E-state index contributed by atoms with van der Waals surface area (Å²) in [6, 6.07) is 48.0. The molecule has 0 saturated carbocycles. The van der Waals surface area contributed by atoms with E-state index in [1.807, 2.05) is 104 Å². The van der Waals surface area contributed by atoms with E-state index < -0.39 is 14.8 Å². The predicted molar refractivity (Wildman–Crippen MR) is 348 cm³/mol. The molecule has 0 bridgehead atoms. The van der Waals surface area contributed by atoms with Crippen LogP contribution in [0.3, 0.4) is 0 Å². The summed E-state index contributed by atoms with van der Waals surface area (Å²) in [5.41, 5.74) is 8.59. The number of nitrogens with zero attached hydrogens (tertiary/aromatic N) is 14. The molecule has 0 heterocycles. The average Bonchev–Trinajstić information content (AvgIpc) is 3.72. The summed E-state index contributed by atoms with van der Waals surface area (Å²) in [5, 5.41) is 93.1. The molecule has 25 heteroatoms. The normalized spacial score (nSPS) is 10.9. The fraction of sp³-hybridized carbons (Fsp3) is 0.234. The minimum atomic E-state index is -0.516. The van der Waals surface area contributed by atoms with Gasteiger partial charge in [0.15, 0.2) is 0 Å². The Morgan fingerprint density at radius 3 is 1.21 bits per heavy atom. The molecule has 7 rings (SSSR count). The van der Waals surface area contributed by atoms with E-state index in [1.165, 1.54) is 42.5 Å². The largest absolute Gasteiger partial charge is 0.395 e. The molecule has 0 aliphatic carbocycles. The maximum atomic E-state index is 10.7. The number of nitro benzene ring substituents is 3. The van der Waals surface area contributed by atoms with Crippen molar-refractivity contribution in [3.05, 3.63) is 244 Å². The number of rotatable bonds is 25. The van der Waals surface area contributed by atoms with E-state index in [9.17, 15) is 30.3 Å². The number of aliphatic hydroxyl groups is 4. The van der Waals surface area contributed by atoms with Crippen molar-refractivity contribution < 1.29 is 35.2 Å². The maximum absolute atomic E-state index is 10.7. The fourth-order valence-corrected chi connectivity index (χ4v) is 8.24. The Morgan fingerprint density at radius 2 is 0.865 bits per heavy atom. The third-order valence-corrected chi connectivity index (χ3v) is 13.1. The third-order valence-electron chi connectivity index (χ3n) is 12.8. The first-order valence-corrected chi connectivity index (χ1v) is 28.0. The monoisotopic (exact) mass is 1230 g/mol. The number of nitro groups is 3. The number of halogens is 1. The number of nitriles is 1. The molecule has 4 N–H and O–H groups in total. The first-order chi connectivity index (χ1) is 43.0. The second-order valence-electron chi connectivity index (χ2n) is 18.5. The molecule has 0 aliphatic heterocycles. The van der Waals surface area contributed by atoms with Crippen molar-refractivity contribution in [2.75, 3.05) is 98.9 Å². The predicted octanol–water partition coefficient (Wildman–Crippen LogP) is 14.0. The molecule has 89 heavy (non-hydrogen) atoms. The summed E-state index contributed by atoms with van der Waals surface area (Å²) < 4.78 is 0. The van der Waals surface area contributed by atoms with Gasteiger partial charge in [-0.2, -0.15) is 15.3 Å². The number of aliphatic hydroxyl groups excluding tert-OH is 4. The molecule has 0 spiro atoms. The molecule has 460 valence electrons. The van der Waals surface area contributed by atoms with Crippen LogP contribution >= 0.6 is 11.6 Å². The zero-order chi connectivity index (χ0) is 65.1. The van der Waals surface area contributed by atoms with Gasteiger partial charge in [-0.3, -0.25) is 30.3 Å². The zero-order valence-electron chi connectivity index (χ0n) is 49.4. The topological polar surface area (TPSA) is 305 Å². The molecule has 7 aromatic carbocycles. The molecule has 0 aliphatic rings. The van der Waals surface area contributed by atoms with Gasteiger partial charge in [0.2, 0.25) is 5.70 Å². The van der Waals surface area contributed by atoms with Crippen LogP contribution in [-0.4, -0.2) is 114 Å². The van der Waals surface area contributed by atoms with Crippen molar-refractivity contribution in [1.82, 2.24) is 0 Å². The Kier molecular flexibility index (Phi) is 30.4. The van der Waals surface area contributed by atoms with E-state index in [2.05, 4.69) is 46.9 Å². The number of azo groups is 2. The van der Waals surface area contributed by atoms with Crippen molar-refractivity contribution in [2.24, 2.45) is 20.5 Å². The van der Waals surface area contributed by atoms with Gasteiger partial charge in [0.05, 0.1) is 82.5 Å². The van der Waals surface area contributed by atoms with Gasteiger partial charge in [0.1, 0.15) is 5.69 Å². The Balaban J connectivity index is 0.000000255. The van der Waals surface area contributed by atoms with Crippen LogP contribution in [0.2, 0.25) is 5.02 Å². The lowest BCUT2D eigenvalue weighted by Gasteiger charge is -2.21. The Morgan fingerprint density at radius 1 is 0.517 bits per heavy atom. The average molecular weight is 1230 g/mol. The number of allylic oxidation sites excluding steroid dienone is 1. The number of likely N-dealkylation sites (N-methyl/N-ethyl adjacent to an activating group) is 4. The second-order valence-corrected chi connectivity index (χ2v) is 18.9. The maximum Gasteiger partial charge on any atom is 0.271 e. The standard InChI is InChI=1S/C18H20N2O3.C16H17ClN4O3.C16H18N4O3.C14H12N4O/c1-2-19(13-14-21)17-9-5-15(6-10-17)3-4-16-7-11-18(12-8-16)20(22)23;1-2-20(9-10-22)13-5-3-12(4-6-13)18-19-16-8-7-14(21(23)24)11-15(16)17;1-2-19(11-12-21)15-7-3-13(4-8-15)17-18-14-5-9-16(10-6-14)20(22)23;1-16-13(10-15)14(17-2)11-4-6-12(7-5-11)18(3)8-9-19/h3-12,21H,2,13-14H2,1H3;3-8,11,22H,2,9-10H2,1H3;3-10,21H,2,11-12H2,1H3;4-7,19H,8-9H2,3H3/b4-3+;;;14-13-. The summed E-state index contributed by atoms with van der Waals surface area (Å²) in [7, 11) is 1.84. The summed E-state index contributed by atoms with van der Waals surface area (Å²) in [6.07, 6.45) is 3.89. The van der Waals surface area contributed by atoms with E-state index in [4.69, 9.17) is 50.4 Å². The highest BCUT2D eigenvalue weighted by Crippen LogP contribution is 2.32. The molecule has 0 amide bonds. The molecule has 0 fully saturated rings. The lowest BCUT2D eigenvalue weighted by atomic mass is 10.1. The number of benzene rings is 7. The van der Waals surface area contributed by atoms with Gasteiger partial charge in [-0.1, -0.05) is 48.0 Å². The van der Waals surface area contributed by atoms with E-state index >= 15 is 0 Å². The SMILES string of the molecule is CCN(CCO)c1ccc(/C=C/c2ccc([N+](=O)[O-])cc2)cc1.CCN(CCO)c1ccc(N=Nc2ccc([N+](=O)[O-])cc2)cc1.CCN(CCO)c1ccc(N=Nc2ccc([N+](=O)[O-])cc2Cl)cc1.[C-]#[N+]/C(C#N)=C(\[N+]#[C-])c1ccc(N(C)CCO)cc1. The van der Waals surface area contributed by atoms with Gasteiger partial charge in [-0.25, -0.2) is 15.0 Å². The van der Waals surface area contributed by atoms with Gasteiger partial charge in [0, 0.05) is 112 Å². The number of anilines is 4. The van der Waals surface area contributed by atoms with Crippen LogP contribution in [0.4, 0.5) is 62.6 Å². The van der Waals surface area contributed by atoms with E-state index in [1.54, 1.807) is 66.7 Å². The molecule has 0 aromatic heterocycles. The van der Waals surface area contributed by atoms with Gasteiger partial charge >= 0.3 is 0 Å². The zero-order valence-corrected chi connectivity index (χ0v) is 50.2. The summed E-state index contributed by atoms with van der Waals surface area (Å²) in [5.74, 6) is 0. The van der Waals surface area contributed by atoms with Crippen molar-refractivity contribution in [1.29, 1.82) is 5.26 Å². The molecular formula is C64H67ClN14O10. The molecular weight excluding hydrogens is 1160 g/mol. The van der Waals surface area contributed by atoms with Crippen LogP contribution in [0.5, 0.6) is 0 Å². The van der Waals surface area contributed by atoms with Crippen LogP contribution in [-0.2, 0) is 0 Å². The highest BCUT2D eigenvalue weighted by Gasteiger charge is 2.13. The lowest BCUT2D eigenvalue weighted by Crippen LogP contribution is -2.25. The number of hydrogen-bond acceptors (Lipinski definition) is 19. The van der Waals surface area contributed by atoms with Gasteiger partial charge in [0.25, 0.3) is 22.8 Å². The molecule has 0 saturated heterocycles.